The fraction of sp³-hybridized carbons (Fsp3) is 0.867. The van der Waals surface area contributed by atoms with Crippen LogP contribution < -0.4 is 0 Å². The van der Waals surface area contributed by atoms with E-state index in [0.717, 1.165) is 17.3 Å². The number of alkyl halides is 1. The fourth-order valence-corrected chi connectivity index (χ4v) is 4.65. The van der Waals surface area contributed by atoms with E-state index in [4.69, 9.17) is 0 Å². The summed E-state index contributed by atoms with van der Waals surface area (Å²) < 4.78 is 0.881. The second-order valence-electron chi connectivity index (χ2n) is 6.78. The van der Waals surface area contributed by atoms with E-state index in [2.05, 4.69) is 50.3 Å². The van der Waals surface area contributed by atoms with Gasteiger partial charge in [0, 0.05) is 22.2 Å². The molecule has 1 fully saturated rings. The van der Waals surface area contributed by atoms with Crippen molar-refractivity contribution in [2.24, 2.45) is 22.7 Å². The number of rotatable bonds is 4. The highest BCUT2D eigenvalue weighted by atomic mass is 127. The van der Waals surface area contributed by atoms with Crippen molar-refractivity contribution in [2.45, 2.75) is 53.9 Å². The maximum Gasteiger partial charge on any atom is 0.143 e. The van der Waals surface area contributed by atoms with Crippen LogP contribution in [0.4, 0.5) is 0 Å². The summed E-state index contributed by atoms with van der Waals surface area (Å²) >= 11 is 2.32. The normalized spacial score (nSPS) is 33.2. The third-order valence-electron chi connectivity index (χ3n) is 4.95. The Kier molecular flexibility index (Phi) is 5.01. The molecule has 1 saturated carbocycles. The zero-order valence-corrected chi connectivity index (χ0v) is 14.3. The molecule has 0 aromatic carbocycles. The van der Waals surface area contributed by atoms with Crippen LogP contribution in [-0.4, -0.2) is 16.0 Å². The Morgan fingerprint density at radius 3 is 2.39 bits per heavy atom. The van der Waals surface area contributed by atoms with Gasteiger partial charge in [-0.2, -0.15) is 0 Å². The van der Waals surface area contributed by atoms with Crippen molar-refractivity contribution >= 4 is 34.2 Å². The van der Waals surface area contributed by atoms with Crippen molar-refractivity contribution in [1.29, 1.82) is 0 Å². The molecule has 0 bridgehead atoms. The zero-order chi connectivity index (χ0) is 14.1. The number of ketones is 2. The maximum atomic E-state index is 12.8. The summed E-state index contributed by atoms with van der Waals surface area (Å²) in [4.78, 5) is 24.1. The monoisotopic (exact) mass is 364 g/mol. The van der Waals surface area contributed by atoms with E-state index >= 15 is 0 Å². The summed E-state index contributed by atoms with van der Waals surface area (Å²) in [6.07, 6.45) is 2.52. The predicted molar refractivity (Wildman–Crippen MR) is 83.0 cm³/mol. The molecule has 3 heteroatoms. The largest absolute Gasteiger partial charge is 0.300 e. The van der Waals surface area contributed by atoms with Crippen LogP contribution in [0.15, 0.2) is 0 Å². The number of Topliss-reactive ketones (excluding diaryl/α,β-unsaturated/α-hetero) is 2. The van der Waals surface area contributed by atoms with Gasteiger partial charge in [-0.15, -0.1) is 0 Å². The molecule has 1 aliphatic carbocycles. The van der Waals surface area contributed by atoms with Gasteiger partial charge in [0.1, 0.15) is 11.6 Å². The molecule has 0 aromatic heterocycles. The van der Waals surface area contributed by atoms with Gasteiger partial charge in [-0.05, 0) is 31.1 Å². The molecule has 0 spiro atoms. The minimum absolute atomic E-state index is 0.105. The van der Waals surface area contributed by atoms with Gasteiger partial charge in [0.25, 0.3) is 0 Å². The van der Waals surface area contributed by atoms with Crippen LogP contribution >= 0.6 is 22.6 Å². The highest BCUT2D eigenvalue weighted by molar-refractivity contribution is 14.1. The molecule has 2 nitrogen and oxygen atoms in total. The van der Waals surface area contributed by atoms with Crippen LogP contribution in [0.2, 0.25) is 0 Å². The van der Waals surface area contributed by atoms with Gasteiger partial charge in [0.05, 0.1) is 0 Å². The molecule has 0 saturated heterocycles. The van der Waals surface area contributed by atoms with Crippen molar-refractivity contribution in [3.63, 3.8) is 0 Å². The summed E-state index contributed by atoms with van der Waals surface area (Å²) in [5, 5.41) is 0. The number of carbonyl (C=O) groups excluding carboxylic acids is 2. The Morgan fingerprint density at radius 1 is 1.39 bits per heavy atom. The molecular formula is C15H25IO2. The van der Waals surface area contributed by atoms with Crippen LogP contribution in [0, 0.1) is 22.7 Å². The number of hydrogen-bond acceptors (Lipinski definition) is 2. The lowest BCUT2D eigenvalue weighted by atomic mass is 9.55. The van der Waals surface area contributed by atoms with Crippen LogP contribution in [0.1, 0.15) is 53.9 Å². The van der Waals surface area contributed by atoms with Crippen LogP contribution in [0.3, 0.4) is 0 Å². The Morgan fingerprint density at radius 2 is 1.94 bits per heavy atom. The molecule has 0 aliphatic heterocycles. The van der Waals surface area contributed by atoms with E-state index in [1.807, 2.05) is 0 Å². The molecular weight excluding hydrogens is 339 g/mol. The second-order valence-corrected chi connectivity index (χ2v) is 7.67. The van der Waals surface area contributed by atoms with E-state index in [0.29, 0.717) is 12.2 Å². The van der Waals surface area contributed by atoms with Crippen LogP contribution in [0.25, 0.3) is 0 Å². The summed E-state index contributed by atoms with van der Waals surface area (Å²) in [5.74, 6) is 0.851. The lowest BCUT2D eigenvalue weighted by Crippen LogP contribution is -2.50. The Bertz CT molecular complexity index is 348. The van der Waals surface area contributed by atoms with E-state index in [1.54, 1.807) is 6.92 Å². The fourth-order valence-electron chi connectivity index (χ4n) is 3.06. The number of hydrogen-bond donors (Lipinski definition) is 0. The molecule has 18 heavy (non-hydrogen) atoms. The standard InChI is InChI=1S/C15H25IO2/c1-10(8-11(2)17)15(5)7-6-14(3,4)12(9-16)13(15)18/h10,12H,6-9H2,1-5H3/t10-,12+,15+/m1/s1. The topological polar surface area (TPSA) is 34.1 Å². The molecule has 0 unspecified atom stereocenters. The Labute approximate surface area is 124 Å². The quantitative estimate of drug-likeness (QED) is 0.557. The molecule has 3 atom stereocenters. The smallest absolute Gasteiger partial charge is 0.143 e. The number of halogens is 1. The summed E-state index contributed by atoms with van der Waals surface area (Å²) in [6, 6.07) is 0. The molecule has 0 N–H and O–H groups in total. The SMILES string of the molecule is CC(=O)C[C@@H](C)[C@]1(C)CCC(C)(C)[C@@H](CI)C1=O. The van der Waals surface area contributed by atoms with Crippen molar-refractivity contribution in [1.82, 2.24) is 0 Å². The van der Waals surface area contributed by atoms with Crippen LogP contribution in [-0.2, 0) is 9.59 Å². The van der Waals surface area contributed by atoms with Crippen LogP contribution in [0.5, 0.6) is 0 Å². The maximum absolute atomic E-state index is 12.8. The van der Waals surface area contributed by atoms with Gasteiger partial charge >= 0.3 is 0 Å². The molecule has 1 rings (SSSR count). The third-order valence-corrected chi connectivity index (χ3v) is 5.83. The van der Waals surface area contributed by atoms with Crippen molar-refractivity contribution < 1.29 is 9.59 Å². The Balaban J connectivity index is 2.97. The average Bonchev–Trinajstić information content (AvgIpc) is 2.23. The molecule has 0 aromatic rings. The van der Waals surface area contributed by atoms with E-state index in [-0.39, 0.29) is 28.4 Å². The second kappa shape index (κ2) is 5.59. The lowest BCUT2D eigenvalue weighted by Gasteiger charge is -2.48. The van der Waals surface area contributed by atoms with Crippen molar-refractivity contribution in [3.8, 4) is 0 Å². The van der Waals surface area contributed by atoms with Gasteiger partial charge in [-0.3, -0.25) is 4.79 Å². The first-order chi connectivity index (χ1) is 8.15. The first-order valence-corrected chi connectivity index (χ1v) is 8.27. The first kappa shape index (κ1) is 16.1. The molecule has 0 amide bonds. The van der Waals surface area contributed by atoms with Gasteiger partial charge in [-0.1, -0.05) is 50.3 Å². The average molecular weight is 364 g/mol. The van der Waals surface area contributed by atoms with Crippen molar-refractivity contribution in [3.05, 3.63) is 0 Å². The third kappa shape index (κ3) is 2.97. The number of carbonyl (C=O) groups is 2. The lowest BCUT2D eigenvalue weighted by molar-refractivity contribution is -0.144. The highest BCUT2D eigenvalue weighted by Gasteiger charge is 2.50. The van der Waals surface area contributed by atoms with Crippen molar-refractivity contribution in [2.75, 3.05) is 4.43 Å². The summed E-state index contributed by atoms with van der Waals surface area (Å²) in [5.41, 5.74) is -0.204. The van der Waals surface area contributed by atoms with E-state index in [1.165, 1.54) is 0 Å². The minimum Gasteiger partial charge on any atom is -0.300 e. The zero-order valence-electron chi connectivity index (χ0n) is 12.2. The van der Waals surface area contributed by atoms with Gasteiger partial charge in [-0.25, -0.2) is 0 Å². The van der Waals surface area contributed by atoms with Gasteiger partial charge < -0.3 is 4.79 Å². The van der Waals surface area contributed by atoms with E-state index in [9.17, 15) is 9.59 Å². The minimum atomic E-state index is -0.309. The molecule has 1 aliphatic rings. The van der Waals surface area contributed by atoms with Gasteiger partial charge in [0.2, 0.25) is 0 Å². The van der Waals surface area contributed by atoms with E-state index < -0.39 is 0 Å². The molecule has 104 valence electrons. The predicted octanol–water partition coefficient (Wildman–Crippen LogP) is 4.05. The summed E-state index contributed by atoms with van der Waals surface area (Å²) in [6.45, 7) is 10.1. The van der Waals surface area contributed by atoms with Gasteiger partial charge in [0.15, 0.2) is 0 Å². The molecule has 0 radical (unpaired) electrons. The first-order valence-electron chi connectivity index (χ1n) is 6.75. The highest BCUT2D eigenvalue weighted by Crippen LogP contribution is 2.50. The molecule has 0 heterocycles. The summed E-state index contributed by atoms with van der Waals surface area (Å²) in [7, 11) is 0. The Hall–Kier alpha value is 0.0700.